The second-order valence-corrected chi connectivity index (χ2v) is 8.15. The molecule has 9 heteroatoms. The average Bonchev–Trinajstić information content (AvgIpc) is 3.52. The highest BCUT2D eigenvalue weighted by atomic mass is 32.1. The number of nitrogens with zero attached hydrogens (tertiary/aromatic N) is 3. The van der Waals surface area contributed by atoms with Gasteiger partial charge >= 0.3 is 0 Å². The van der Waals surface area contributed by atoms with Crippen LogP contribution in [0.4, 0.5) is 15.2 Å². The van der Waals surface area contributed by atoms with Crippen LogP contribution in [0, 0.1) is 5.82 Å². The molecule has 2 aromatic heterocycles. The lowest BCUT2D eigenvalue weighted by Crippen LogP contribution is -2.37. The zero-order valence-electron chi connectivity index (χ0n) is 16.8. The third-order valence-corrected chi connectivity index (χ3v) is 5.62. The summed E-state index contributed by atoms with van der Waals surface area (Å²) in [5, 5.41) is 8.19. The van der Waals surface area contributed by atoms with Crippen molar-refractivity contribution in [2.45, 2.75) is 31.8 Å². The van der Waals surface area contributed by atoms with E-state index in [1.165, 1.54) is 23.5 Å². The molecule has 1 aliphatic rings. The molecule has 1 aliphatic carbocycles. The molecule has 0 unspecified atom stereocenters. The molecule has 160 valence electrons. The van der Waals surface area contributed by atoms with Gasteiger partial charge in [-0.05, 0) is 48.7 Å². The third kappa shape index (κ3) is 5.85. The number of aromatic nitrogens is 2. The van der Waals surface area contributed by atoms with E-state index in [4.69, 9.17) is 0 Å². The normalized spacial score (nSPS) is 12.9. The maximum absolute atomic E-state index is 13.0. The standard InChI is InChI=1S/C22H22FN5O2S/c23-16-3-5-17(6-4-16)26-22-27-19(14-31-22)21(30)28(18-7-8-18)11-9-20(29)25-13-15-2-1-10-24-12-15/h1-6,10,12,14,18H,7-9,11,13H2,(H,25,29)(H,26,27). The maximum atomic E-state index is 13.0. The number of hydrogen-bond acceptors (Lipinski definition) is 6. The van der Waals surface area contributed by atoms with Crippen LogP contribution in [0.1, 0.15) is 35.3 Å². The fraction of sp³-hybridized carbons (Fsp3) is 0.273. The molecule has 2 heterocycles. The van der Waals surface area contributed by atoms with Crippen molar-refractivity contribution in [3.8, 4) is 0 Å². The lowest BCUT2D eigenvalue weighted by atomic mass is 10.2. The molecule has 0 atom stereocenters. The van der Waals surface area contributed by atoms with Gasteiger partial charge < -0.3 is 15.5 Å². The van der Waals surface area contributed by atoms with E-state index in [1.807, 2.05) is 12.1 Å². The molecular formula is C22H22FN5O2S. The zero-order valence-corrected chi connectivity index (χ0v) is 17.6. The Balaban J connectivity index is 1.32. The molecule has 0 spiro atoms. The third-order valence-electron chi connectivity index (χ3n) is 4.86. The van der Waals surface area contributed by atoms with Crippen molar-refractivity contribution in [3.05, 3.63) is 71.2 Å². The van der Waals surface area contributed by atoms with Crippen LogP contribution in [0.5, 0.6) is 0 Å². The van der Waals surface area contributed by atoms with E-state index in [-0.39, 0.29) is 30.1 Å². The Hall–Kier alpha value is -3.33. The summed E-state index contributed by atoms with van der Waals surface area (Å²) >= 11 is 1.31. The first-order chi connectivity index (χ1) is 15.1. The molecule has 2 N–H and O–H groups in total. The number of hydrogen-bond donors (Lipinski definition) is 2. The van der Waals surface area contributed by atoms with Crippen LogP contribution >= 0.6 is 11.3 Å². The Morgan fingerprint density at radius 2 is 2.00 bits per heavy atom. The lowest BCUT2D eigenvalue weighted by Gasteiger charge is -2.21. The van der Waals surface area contributed by atoms with Gasteiger partial charge in [-0.2, -0.15) is 0 Å². The van der Waals surface area contributed by atoms with Crippen molar-refractivity contribution in [1.82, 2.24) is 20.2 Å². The molecule has 7 nitrogen and oxygen atoms in total. The number of halogens is 1. The first kappa shape index (κ1) is 20.9. The summed E-state index contributed by atoms with van der Waals surface area (Å²) in [5.41, 5.74) is 1.96. The zero-order chi connectivity index (χ0) is 21.6. The van der Waals surface area contributed by atoms with Gasteiger partial charge in [-0.25, -0.2) is 9.37 Å². The molecular weight excluding hydrogens is 417 g/mol. The van der Waals surface area contributed by atoms with Crippen LogP contribution in [0.25, 0.3) is 0 Å². The molecule has 0 radical (unpaired) electrons. The summed E-state index contributed by atoms with van der Waals surface area (Å²) in [5.74, 6) is -0.602. The van der Waals surface area contributed by atoms with Crippen molar-refractivity contribution in [1.29, 1.82) is 0 Å². The van der Waals surface area contributed by atoms with Gasteiger partial charge in [0.2, 0.25) is 5.91 Å². The van der Waals surface area contributed by atoms with Gasteiger partial charge in [-0.1, -0.05) is 6.07 Å². The summed E-state index contributed by atoms with van der Waals surface area (Å²) < 4.78 is 13.0. The minimum Gasteiger partial charge on any atom is -0.352 e. The van der Waals surface area contributed by atoms with E-state index in [0.29, 0.717) is 29.6 Å². The van der Waals surface area contributed by atoms with Gasteiger partial charge in [0.15, 0.2) is 5.13 Å². The highest BCUT2D eigenvalue weighted by Crippen LogP contribution is 2.29. The van der Waals surface area contributed by atoms with Gasteiger partial charge in [0.1, 0.15) is 11.5 Å². The Bertz CT molecular complexity index is 1040. The number of thiazole rings is 1. The predicted molar refractivity (Wildman–Crippen MR) is 117 cm³/mol. The number of pyridine rings is 1. The average molecular weight is 440 g/mol. The SMILES string of the molecule is O=C(CCN(C(=O)c1csc(Nc2ccc(F)cc2)n1)C1CC1)NCc1cccnc1. The van der Waals surface area contributed by atoms with E-state index in [2.05, 4.69) is 20.6 Å². The Morgan fingerprint density at radius 1 is 1.19 bits per heavy atom. The van der Waals surface area contributed by atoms with Crippen LogP contribution in [-0.2, 0) is 11.3 Å². The lowest BCUT2D eigenvalue weighted by molar-refractivity contribution is -0.121. The van der Waals surface area contributed by atoms with Gasteiger partial charge in [0.05, 0.1) is 0 Å². The second-order valence-electron chi connectivity index (χ2n) is 7.29. The van der Waals surface area contributed by atoms with E-state index in [1.54, 1.807) is 34.8 Å². The van der Waals surface area contributed by atoms with E-state index >= 15 is 0 Å². The maximum Gasteiger partial charge on any atom is 0.273 e. The van der Waals surface area contributed by atoms with Crippen molar-refractivity contribution in [3.63, 3.8) is 0 Å². The summed E-state index contributed by atoms with van der Waals surface area (Å²) in [6.45, 7) is 0.759. The minimum atomic E-state index is -0.315. The van der Waals surface area contributed by atoms with E-state index in [0.717, 1.165) is 18.4 Å². The number of rotatable bonds is 9. The first-order valence-corrected chi connectivity index (χ1v) is 10.9. The van der Waals surface area contributed by atoms with Crippen molar-refractivity contribution < 1.29 is 14.0 Å². The van der Waals surface area contributed by atoms with Crippen LogP contribution < -0.4 is 10.6 Å². The molecule has 1 aromatic carbocycles. The molecule has 0 aliphatic heterocycles. The molecule has 0 bridgehead atoms. The summed E-state index contributed by atoms with van der Waals surface area (Å²) in [6, 6.07) is 9.81. The highest BCUT2D eigenvalue weighted by Gasteiger charge is 2.34. The molecule has 0 saturated heterocycles. The highest BCUT2D eigenvalue weighted by molar-refractivity contribution is 7.14. The Labute approximate surface area is 183 Å². The van der Waals surface area contributed by atoms with Gasteiger partial charge in [-0.15, -0.1) is 11.3 Å². The quantitative estimate of drug-likeness (QED) is 0.531. The molecule has 2 amide bonds. The minimum absolute atomic E-state index is 0.112. The van der Waals surface area contributed by atoms with Crippen molar-refractivity contribution >= 4 is 34.0 Å². The molecule has 1 saturated carbocycles. The van der Waals surface area contributed by atoms with E-state index < -0.39 is 0 Å². The fourth-order valence-electron chi connectivity index (χ4n) is 3.08. The fourth-order valence-corrected chi connectivity index (χ4v) is 3.79. The smallest absolute Gasteiger partial charge is 0.273 e. The largest absolute Gasteiger partial charge is 0.352 e. The summed E-state index contributed by atoms with van der Waals surface area (Å²) in [6.07, 6.45) is 5.50. The van der Waals surface area contributed by atoms with Crippen molar-refractivity contribution in [2.75, 3.05) is 11.9 Å². The number of nitrogens with one attached hydrogen (secondary N) is 2. The second kappa shape index (κ2) is 9.65. The van der Waals surface area contributed by atoms with Crippen LogP contribution in [-0.4, -0.2) is 39.3 Å². The number of benzene rings is 1. The summed E-state index contributed by atoms with van der Waals surface area (Å²) in [7, 11) is 0. The summed E-state index contributed by atoms with van der Waals surface area (Å²) in [4.78, 5) is 35.4. The Morgan fingerprint density at radius 3 is 2.71 bits per heavy atom. The van der Waals surface area contributed by atoms with Crippen molar-refractivity contribution in [2.24, 2.45) is 0 Å². The predicted octanol–water partition coefficient (Wildman–Crippen LogP) is 3.73. The van der Waals surface area contributed by atoms with Crippen LogP contribution in [0.2, 0.25) is 0 Å². The number of carbonyl (C=O) groups is 2. The van der Waals surface area contributed by atoms with Gasteiger partial charge in [-0.3, -0.25) is 14.6 Å². The number of anilines is 2. The number of carbonyl (C=O) groups excluding carboxylic acids is 2. The van der Waals surface area contributed by atoms with Gasteiger partial charge in [0, 0.05) is 49.0 Å². The number of amides is 2. The van der Waals surface area contributed by atoms with E-state index in [9.17, 15) is 14.0 Å². The molecule has 4 rings (SSSR count). The molecule has 1 fully saturated rings. The topological polar surface area (TPSA) is 87.2 Å². The Kier molecular flexibility index (Phi) is 6.51. The monoisotopic (exact) mass is 439 g/mol. The van der Waals surface area contributed by atoms with Gasteiger partial charge in [0.25, 0.3) is 5.91 Å². The molecule has 3 aromatic rings. The first-order valence-electron chi connectivity index (χ1n) is 10.0. The van der Waals surface area contributed by atoms with Crippen LogP contribution in [0.15, 0.2) is 54.2 Å². The van der Waals surface area contributed by atoms with Crippen LogP contribution in [0.3, 0.4) is 0 Å². The molecule has 31 heavy (non-hydrogen) atoms.